The molecular formula is C9H20ClNO. The normalized spacial score (nSPS) is 19.2. The van der Waals surface area contributed by atoms with Crippen molar-refractivity contribution in [1.29, 1.82) is 0 Å². The third-order valence-electron chi connectivity index (χ3n) is 2.04. The Morgan fingerprint density at radius 1 is 1.33 bits per heavy atom. The molecule has 1 aliphatic rings. The molecule has 1 fully saturated rings. The molecule has 0 amide bonds. The van der Waals surface area contributed by atoms with Gasteiger partial charge in [0.15, 0.2) is 0 Å². The Balaban J connectivity index is 0.00000121. The highest BCUT2D eigenvalue weighted by molar-refractivity contribution is 5.85. The van der Waals surface area contributed by atoms with Crippen molar-refractivity contribution in [3.8, 4) is 0 Å². The summed E-state index contributed by atoms with van der Waals surface area (Å²) in [6.45, 7) is 7.51. The van der Waals surface area contributed by atoms with Gasteiger partial charge in [-0.25, -0.2) is 0 Å². The topological polar surface area (TPSA) is 21.3 Å². The van der Waals surface area contributed by atoms with Gasteiger partial charge in [0.05, 0.1) is 0 Å². The van der Waals surface area contributed by atoms with Crippen LogP contribution in [-0.2, 0) is 4.74 Å². The zero-order valence-electron chi connectivity index (χ0n) is 8.01. The van der Waals surface area contributed by atoms with Crippen LogP contribution in [0.5, 0.6) is 0 Å². The third-order valence-corrected chi connectivity index (χ3v) is 2.04. The molecule has 0 atom stereocenters. The van der Waals surface area contributed by atoms with E-state index in [1.54, 1.807) is 0 Å². The van der Waals surface area contributed by atoms with Gasteiger partial charge in [-0.3, -0.25) is 0 Å². The Bertz CT molecular complexity index is 103. The molecule has 0 aliphatic carbocycles. The fraction of sp³-hybridized carbons (Fsp3) is 1.00. The Hall–Kier alpha value is 0.210. The predicted octanol–water partition coefficient (Wildman–Crippen LogP) is 1.83. The molecule has 74 valence electrons. The second kappa shape index (κ2) is 6.70. The molecule has 0 unspecified atom stereocenters. The van der Waals surface area contributed by atoms with Crippen LogP contribution in [0.25, 0.3) is 0 Å². The van der Waals surface area contributed by atoms with Gasteiger partial charge in [0, 0.05) is 19.3 Å². The van der Waals surface area contributed by atoms with Crippen molar-refractivity contribution in [2.75, 3.05) is 19.8 Å². The molecule has 12 heavy (non-hydrogen) atoms. The van der Waals surface area contributed by atoms with Gasteiger partial charge in [0.2, 0.25) is 0 Å². The molecule has 2 nitrogen and oxygen atoms in total. The van der Waals surface area contributed by atoms with E-state index in [4.69, 9.17) is 4.74 Å². The molecule has 3 heteroatoms. The first kappa shape index (κ1) is 12.2. The summed E-state index contributed by atoms with van der Waals surface area (Å²) in [5.41, 5.74) is 0. The number of hydrogen-bond donors (Lipinski definition) is 1. The van der Waals surface area contributed by atoms with Crippen LogP contribution in [-0.4, -0.2) is 25.8 Å². The van der Waals surface area contributed by atoms with Crippen LogP contribution in [0.1, 0.15) is 26.7 Å². The first-order valence-corrected chi connectivity index (χ1v) is 4.60. The van der Waals surface area contributed by atoms with Crippen LogP contribution in [0.2, 0.25) is 0 Å². The number of ether oxygens (including phenoxy) is 1. The molecule has 1 heterocycles. The van der Waals surface area contributed by atoms with E-state index in [1.165, 1.54) is 12.8 Å². The van der Waals surface area contributed by atoms with E-state index in [2.05, 4.69) is 19.2 Å². The van der Waals surface area contributed by atoms with Crippen LogP contribution in [0.15, 0.2) is 0 Å². The molecule has 0 aromatic heterocycles. The molecule has 0 spiro atoms. The van der Waals surface area contributed by atoms with Crippen molar-refractivity contribution >= 4 is 12.4 Å². The smallest absolute Gasteiger partial charge is 0.0480 e. The van der Waals surface area contributed by atoms with E-state index in [0.29, 0.717) is 6.04 Å². The summed E-state index contributed by atoms with van der Waals surface area (Å²) in [5, 5.41) is 3.54. The number of halogens is 1. The molecule has 0 radical (unpaired) electrons. The fourth-order valence-corrected chi connectivity index (χ4v) is 1.30. The SMILES string of the molecule is CC(C)CNC1CCOCC1.Cl. The van der Waals surface area contributed by atoms with Gasteiger partial charge in [-0.05, 0) is 25.3 Å². The fourth-order valence-electron chi connectivity index (χ4n) is 1.30. The summed E-state index contributed by atoms with van der Waals surface area (Å²) in [6.07, 6.45) is 2.37. The van der Waals surface area contributed by atoms with Crippen molar-refractivity contribution in [2.45, 2.75) is 32.7 Å². The van der Waals surface area contributed by atoms with E-state index < -0.39 is 0 Å². The maximum Gasteiger partial charge on any atom is 0.0480 e. The first-order valence-electron chi connectivity index (χ1n) is 4.60. The monoisotopic (exact) mass is 193 g/mol. The lowest BCUT2D eigenvalue weighted by atomic mass is 10.1. The minimum absolute atomic E-state index is 0. The van der Waals surface area contributed by atoms with E-state index in [0.717, 1.165) is 25.7 Å². The van der Waals surface area contributed by atoms with Crippen LogP contribution >= 0.6 is 12.4 Å². The Morgan fingerprint density at radius 3 is 2.42 bits per heavy atom. The summed E-state index contributed by atoms with van der Waals surface area (Å²) >= 11 is 0. The van der Waals surface area contributed by atoms with Gasteiger partial charge in [-0.1, -0.05) is 13.8 Å². The van der Waals surface area contributed by atoms with Gasteiger partial charge < -0.3 is 10.1 Å². The maximum absolute atomic E-state index is 5.27. The van der Waals surface area contributed by atoms with E-state index in [1.807, 2.05) is 0 Å². The molecular weight excluding hydrogens is 174 g/mol. The second-order valence-corrected chi connectivity index (χ2v) is 3.69. The van der Waals surface area contributed by atoms with Gasteiger partial charge >= 0.3 is 0 Å². The third kappa shape index (κ3) is 4.96. The lowest BCUT2D eigenvalue weighted by Gasteiger charge is -2.23. The summed E-state index contributed by atoms with van der Waals surface area (Å²) in [6, 6.07) is 0.714. The van der Waals surface area contributed by atoms with Crippen molar-refractivity contribution in [1.82, 2.24) is 5.32 Å². The van der Waals surface area contributed by atoms with Crippen LogP contribution in [0.3, 0.4) is 0 Å². The van der Waals surface area contributed by atoms with Crippen LogP contribution in [0, 0.1) is 5.92 Å². The molecule has 0 aromatic carbocycles. The van der Waals surface area contributed by atoms with Crippen molar-refractivity contribution in [3.05, 3.63) is 0 Å². The summed E-state index contributed by atoms with van der Waals surface area (Å²) in [4.78, 5) is 0. The standard InChI is InChI=1S/C9H19NO.ClH/c1-8(2)7-10-9-3-5-11-6-4-9;/h8-10H,3-7H2,1-2H3;1H. The average Bonchev–Trinajstić information content (AvgIpc) is 2.03. The summed E-state index contributed by atoms with van der Waals surface area (Å²) in [7, 11) is 0. The van der Waals surface area contributed by atoms with E-state index in [-0.39, 0.29) is 12.4 Å². The second-order valence-electron chi connectivity index (χ2n) is 3.69. The summed E-state index contributed by atoms with van der Waals surface area (Å²) in [5.74, 6) is 0.762. The van der Waals surface area contributed by atoms with Crippen LogP contribution in [0.4, 0.5) is 0 Å². The van der Waals surface area contributed by atoms with Crippen molar-refractivity contribution in [3.63, 3.8) is 0 Å². The minimum atomic E-state index is 0. The quantitative estimate of drug-likeness (QED) is 0.739. The molecule has 1 N–H and O–H groups in total. The first-order chi connectivity index (χ1) is 5.29. The molecule has 1 rings (SSSR count). The Kier molecular flexibility index (Phi) is 6.81. The largest absolute Gasteiger partial charge is 0.381 e. The van der Waals surface area contributed by atoms with Crippen molar-refractivity contribution in [2.24, 2.45) is 5.92 Å². The van der Waals surface area contributed by atoms with E-state index >= 15 is 0 Å². The zero-order valence-corrected chi connectivity index (χ0v) is 8.82. The predicted molar refractivity (Wildman–Crippen MR) is 53.9 cm³/mol. The lowest BCUT2D eigenvalue weighted by Crippen LogP contribution is -2.36. The summed E-state index contributed by atoms with van der Waals surface area (Å²) < 4.78 is 5.27. The highest BCUT2D eigenvalue weighted by Crippen LogP contribution is 2.06. The molecule has 1 saturated heterocycles. The molecule has 1 aliphatic heterocycles. The van der Waals surface area contributed by atoms with Gasteiger partial charge in [0.1, 0.15) is 0 Å². The van der Waals surface area contributed by atoms with E-state index in [9.17, 15) is 0 Å². The maximum atomic E-state index is 5.27. The minimum Gasteiger partial charge on any atom is -0.381 e. The Morgan fingerprint density at radius 2 is 1.92 bits per heavy atom. The molecule has 0 saturated carbocycles. The highest BCUT2D eigenvalue weighted by Gasteiger charge is 2.12. The highest BCUT2D eigenvalue weighted by atomic mass is 35.5. The van der Waals surface area contributed by atoms with Crippen LogP contribution < -0.4 is 5.32 Å². The zero-order chi connectivity index (χ0) is 8.10. The Labute approximate surface area is 81.5 Å². The van der Waals surface area contributed by atoms with Gasteiger partial charge in [-0.2, -0.15) is 0 Å². The number of rotatable bonds is 3. The lowest BCUT2D eigenvalue weighted by molar-refractivity contribution is 0.0773. The molecule has 0 bridgehead atoms. The van der Waals surface area contributed by atoms with Gasteiger partial charge in [-0.15, -0.1) is 12.4 Å². The van der Waals surface area contributed by atoms with Gasteiger partial charge in [0.25, 0.3) is 0 Å². The number of nitrogens with one attached hydrogen (secondary N) is 1. The molecule has 0 aromatic rings. The number of hydrogen-bond acceptors (Lipinski definition) is 2. The van der Waals surface area contributed by atoms with Crippen molar-refractivity contribution < 1.29 is 4.74 Å². The average molecular weight is 194 g/mol.